The number of nitrogens with two attached hydrogens (primary N) is 1. The summed E-state index contributed by atoms with van der Waals surface area (Å²) >= 11 is 0. The number of hydrogen-bond donors (Lipinski definition) is 2. The van der Waals surface area contributed by atoms with E-state index in [9.17, 15) is 14.0 Å². The minimum atomic E-state index is -0.870. The van der Waals surface area contributed by atoms with Gasteiger partial charge in [-0.2, -0.15) is 0 Å². The van der Waals surface area contributed by atoms with Gasteiger partial charge in [-0.3, -0.25) is 9.59 Å². The number of hydrogen-bond acceptors (Lipinski definition) is 4. The summed E-state index contributed by atoms with van der Waals surface area (Å²) in [5.41, 5.74) is 5.52. The van der Waals surface area contributed by atoms with Gasteiger partial charge in [-0.25, -0.2) is 4.39 Å². The Kier molecular flexibility index (Phi) is 4.15. The zero-order valence-corrected chi connectivity index (χ0v) is 12.4. The van der Waals surface area contributed by atoms with Crippen LogP contribution in [0.1, 0.15) is 10.6 Å². The van der Waals surface area contributed by atoms with E-state index in [1.54, 1.807) is 24.3 Å². The van der Waals surface area contributed by atoms with Crippen molar-refractivity contribution in [2.24, 2.45) is 5.73 Å². The summed E-state index contributed by atoms with van der Waals surface area (Å²) in [4.78, 5) is 23.6. The fraction of sp³-hybridized carbons (Fsp3) is 0.0588. The van der Waals surface area contributed by atoms with Gasteiger partial charge < -0.3 is 20.2 Å². The number of amides is 2. The van der Waals surface area contributed by atoms with Gasteiger partial charge >= 0.3 is 0 Å². The number of fused-ring (bicyclic) bond motifs is 1. The van der Waals surface area contributed by atoms with Crippen molar-refractivity contribution in [2.45, 2.75) is 0 Å². The van der Waals surface area contributed by atoms with Crippen LogP contribution in [0.15, 0.2) is 52.9 Å². The molecule has 1 aromatic heterocycles. The maximum atomic E-state index is 13.4. The van der Waals surface area contributed by atoms with Crippen LogP contribution >= 0.6 is 0 Å². The molecule has 0 spiro atoms. The Labute approximate surface area is 136 Å². The van der Waals surface area contributed by atoms with Crippen molar-refractivity contribution in [3.05, 3.63) is 60.1 Å². The van der Waals surface area contributed by atoms with E-state index in [1.165, 1.54) is 12.1 Å². The first-order valence-corrected chi connectivity index (χ1v) is 7.04. The molecule has 0 bridgehead atoms. The Morgan fingerprint density at radius 1 is 1.17 bits per heavy atom. The minimum Gasteiger partial charge on any atom is -0.484 e. The minimum absolute atomic E-state index is 0.0265. The van der Waals surface area contributed by atoms with E-state index in [0.717, 1.165) is 6.07 Å². The zero-order chi connectivity index (χ0) is 17.1. The average molecular weight is 328 g/mol. The lowest BCUT2D eigenvalue weighted by Crippen LogP contribution is -2.22. The van der Waals surface area contributed by atoms with Gasteiger partial charge in [0.15, 0.2) is 6.61 Å². The maximum absolute atomic E-state index is 13.4. The Bertz CT molecular complexity index is 906. The van der Waals surface area contributed by atoms with E-state index >= 15 is 0 Å². The second-order valence-corrected chi connectivity index (χ2v) is 4.96. The number of benzene rings is 2. The van der Waals surface area contributed by atoms with Crippen LogP contribution in [0.5, 0.6) is 5.75 Å². The van der Waals surface area contributed by atoms with E-state index < -0.39 is 17.6 Å². The second kappa shape index (κ2) is 6.41. The predicted octanol–water partition coefficient (Wildman–Crippen LogP) is 2.69. The van der Waals surface area contributed by atoms with Gasteiger partial charge in [0, 0.05) is 5.39 Å². The lowest BCUT2D eigenvalue weighted by Gasteiger charge is -2.07. The van der Waals surface area contributed by atoms with Crippen LogP contribution in [0, 0.1) is 5.82 Å². The van der Waals surface area contributed by atoms with E-state index in [1.807, 2.05) is 6.07 Å². The first-order valence-electron chi connectivity index (χ1n) is 7.04. The van der Waals surface area contributed by atoms with Crippen LogP contribution < -0.4 is 15.8 Å². The molecule has 0 unspecified atom stereocenters. The van der Waals surface area contributed by atoms with Crippen LogP contribution in [0.4, 0.5) is 10.1 Å². The monoisotopic (exact) mass is 328 g/mol. The fourth-order valence-corrected chi connectivity index (χ4v) is 2.21. The lowest BCUT2D eigenvalue weighted by atomic mass is 10.2. The normalized spacial score (nSPS) is 10.5. The summed E-state index contributed by atoms with van der Waals surface area (Å²) in [7, 11) is 0. The molecule has 0 aliphatic carbocycles. The van der Waals surface area contributed by atoms with Crippen molar-refractivity contribution in [3.63, 3.8) is 0 Å². The number of halogens is 1. The molecule has 0 saturated heterocycles. The third kappa shape index (κ3) is 3.19. The number of para-hydroxylation sites is 1. The molecular weight excluding hydrogens is 315 g/mol. The number of rotatable bonds is 5. The number of nitrogens with one attached hydrogen (secondary N) is 1. The Morgan fingerprint density at radius 3 is 2.62 bits per heavy atom. The summed E-state index contributed by atoms with van der Waals surface area (Å²) in [5.74, 6) is -1.66. The molecule has 3 rings (SSSR count). The molecule has 0 fully saturated rings. The molecule has 0 saturated carbocycles. The first-order chi connectivity index (χ1) is 11.5. The first kappa shape index (κ1) is 15.5. The Hall–Kier alpha value is -3.35. The quantitative estimate of drug-likeness (QED) is 0.753. The molecule has 3 N–H and O–H groups in total. The Balaban J connectivity index is 1.83. The van der Waals surface area contributed by atoms with Crippen molar-refractivity contribution in [1.82, 2.24) is 0 Å². The number of ether oxygens (including phenoxy) is 1. The largest absolute Gasteiger partial charge is 0.484 e. The van der Waals surface area contributed by atoms with Gasteiger partial charge in [0.2, 0.25) is 5.76 Å². The number of carbonyl (C=O) groups is 2. The second-order valence-electron chi connectivity index (χ2n) is 4.96. The van der Waals surface area contributed by atoms with Crippen molar-refractivity contribution < 1.29 is 23.1 Å². The summed E-state index contributed by atoms with van der Waals surface area (Å²) in [5, 5.41) is 2.73. The SMILES string of the molecule is NC(=O)c1oc2ccc(F)cc2c1NC(=O)COc1ccccc1. The van der Waals surface area contributed by atoms with E-state index in [4.69, 9.17) is 14.9 Å². The van der Waals surface area contributed by atoms with Crippen molar-refractivity contribution in [3.8, 4) is 5.75 Å². The number of carbonyl (C=O) groups excluding carboxylic acids is 2. The third-order valence-corrected chi connectivity index (χ3v) is 3.25. The fourth-order valence-electron chi connectivity index (χ4n) is 2.21. The molecule has 0 aliphatic rings. The number of primary amides is 1. The van der Waals surface area contributed by atoms with Crippen LogP contribution in [0.2, 0.25) is 0 Å². The average Bonchev–Trinajstić information content (AvgIpc) is 2.92. The maximum Gasteiger partial charge on any atom is 0.286 e. The van der Waals surface area contributed by atoms with Crippen molar-refractivity contribution >= 4 is 28.5 Å². The molecule has 24 heavy (non-hydrogen) atoms. The van der Waals surface area contributed by atoms with Crippen LogP contribution in [0.3, 0.4) is 0 Å². The van der Waals surface area contributed by atoms with Gasteiger partial charge in [0.25, 0.3) is 11.8 Å². The number of furan rings is 1. The topological polar surface area (TPSA) is 94.6 Å². The molecular formula is C17H13FN2O4. The highest BCUT2D eigenvalue weighted by Crippen LogP contribution is 2.31. The van der Waals surface area contributed by atoms with E-state index in [-0.39, 0.29) is 29.0 Å². The molecule has 0 aliphatic heterocycles. The Morgan fingerprint density at radius 2 is 1.92 bits per heavy atom. The van der Waals surface area contributed by atoms with Crippen molar-refractivity contribution in [2.75, 3.05) is 11.9 Å². The molecule has 122 valence electrons. The van der Waals surface area contributed by atoms with Gasteiger partial charge in [0.05, 0.1) is 0 Å². The van der Waals surface area contributed by atoms with E-state index in [0.29, 0.717) is 5.75 Å². The highest BCUT2D eigenvalue weighted by Gasteiger charge is 2.21. The van der Waals surface area contributed by atoms with Crippen LogP contribution in [0.25, 0.3) is 11.0 Å². The molecule has 6 nitrogen and oxygen atoms in total. The highest BCUT2D eigenvalue weighted by atomic mass is 19.1. The summed E-state index contributed by atoms with van der Waals surface area (Å²) in [6.07, 6.45) is 0. The summed E-state index contributed by atoms with van der Waals surface area (Å²) < 4.78 is 24.0. The molecule has 7 heteroatoms. The molecule has 0 radical (unpaired) electrons. The van der Waals surface area contributed by atoms with E-state index in [2.05, 4.69) is 5.32 Å². The smallest absolute Gasteiger partial charge is 0.286 e. The predicted molar refractivity (Wildman–Crippen MR) is 85.3 cm³/mol. The highest BCUT2D eigenvalue weighted by molar-refractivity contribution is 6.10. The molecule has 2 amide bonds. The van der Waals surface area contributed by atoms with Crippen LogP contribution in [-0.2, 0) is 4.79 Å². The van der Waals surface area contributed by atoms with Crippen LogP contribution in [-0.4, -0.2) is 18.4 Å². The molecule has 3 aromatic rings. The lowest BCUT2D eigenvalue weighted by molar-refractivity contribution is -0.118. The van der Waals surface area contributed by atoms with Gasteiger partial charge in [-0.05, 0) is 30.3 Å². The van der Waals surface area contributed by atoms with Crippen molar-refractivity contribution in [1.29, 1.82) is 0 Å². The zero-order valence-electron chi connectivity index (χ0n) is 12.4. The van der Waals surface area contributed by atoms with Gasteiger partial charge in [-0.15, -0.1) is 0 Å². The molecule has 2 aromatic carbocycles. The number of anilines is 1. The summed E-state index contributed by atoms with van der Waals surface area (Å²) in [6, 6.07) is 12.4. The van der Waals surface area contributed by atoms with Gasteiger partial charge in [-0.1, -0.05) is 18.2 Å². The van der Waals surface area contributed by atoms with Gasteiger partial charge in [0.1, 0.15) is 22.8 Å². The standard InChI is InChI=1S/C17H13FN2O4/c18-10-6-7-13-12(8-10)15(16(24-13)17(19)22)20-14(21)9-23-11-4-2-1-3-5-11/h1-8H,9H2,(H2,19,22)(H,20,21). The third-order valence-electron chi connectivity index (χ3n) is 3.25. The molecule has 1 heterocycles. The summed E-state index contributed by atoms with van der Waals surface area (Å²) in [6.45, 7) is -0.287. The molecule has 0 atom stereocenters.